The van der Waals surface area contributed by atoms with Gasteiger partial charge in [-0.05, 0) is 27.2 Å². The molecule has 5 heteroatoms. The number of nitrogens with zero attached hydrogens (tertiary/aromatic N) is 1. The first-order chi connectivity index (χ1) is 7.33. The van der Waals surface area contributed by atoms with E-state index in [1.165, 1.54) is 7.11 Å². The summed E-state index contributed by atoms with van der Waals surface area (Å²) in [6.45, 7) is 6.20. The molecule has 0 unspecified atom stereocenters. The topological polar surface area (TPSA) is 59.0 Å². The summed E-state index contributed by atoms with van der Waals surface area (Å²) in [7, 11) is 1.45. The fourth-order valence-corrected chi connectivity index (χ4v) is 1.58. The zero-order valence-corrected chi connectivity index (χ0v) is 10.4. The summed E-state index contributed by atoms with van der Waals surface area (Å²) in [5.74, 6) is 0. The van der Waals surface area contributed by atoms with E-state index in [1.807, 2.05) is 20.8 Å². The van der Waals surface area contributed by atoms with Gasteiger partial charge in [-0.15, -0.1) is 0 Å². The Hall–Kier alpha value is -0.810. The molecule has 0 spiro atoms. The van der Waals surface area contributed by atoms with Crippen molar-refractivity contribution in [3.63, 3.8) is 0 Å². The molecule has 0 aromatic carbocycles. The molecule has 1 aliphatic heterocycles. The summed E-state index contributed by atoms with van der Waals surface area (Å²) in [4.78, 5) is 13.3. The molecule has 0 radical (unpaired) electrons. The summed E-state index contributed by atoms with van der Waals surface area (Å²) in [6.07, 6.45) is 0.206. The third-order valence-corrected chi connectivity index (χ3v) is 2.52. The van der Waals surface area contributed by atoms with Crippen molar-refractivity contribution >= 4 is 6.09 Å². The maximum Gasteiger partial charge on any atom is 0.410 e. The van der Waals surface area contributed by atoms with Crippen LogP contribution in [0.1, 0.15) is 33.6 Å². The number of aliphatic hydroxyl groups excluding tert-OH is 1. The second-order valence-electron chi connectivity index (χ2n) is 5.04. The quantitative estimate of drug-likeness (QED) is 0.745. The number of ether oxygens (including phenoxy) is 2. The van der Waals surface area contributed by atoms with Gasteiger partial charge in [0.2, 0.25) is 0 Å². The maximum absolute atomic E-state index is 11.7. The molecule has 2 atom stereocenters. The highest BCUT2D eigenvalue weighted by molar-refractivity contribution is 5.69. The smallest absolute Gasteiger partial charge is 0.410 e. The molecule has 1 aliphatic rings. The van der Waals surface area contributed by atoms with Crippen LogP contribution >= 0.6 is 0 Å². The molecule has 94 valence electrons. The first-order valence-corrected chi connectivity index (χ1v) is 5.54. The van der Waals surface area contributed by atoms with E-state index in [1.54, 1.807) is 4.90 Å². The molecule has 1 rings (SSSR count). The minimum atomic E-state index is -0.810. The highest BCUT2D eigenvalue weighted by atomic mass is 16.6. The number of rotatable bonds is 3. The third kappa shape index (κ3) is 3.64. The molecule has 0 saturated carbocycles. The van der Waals surface area contributed by atoms with Crippen LogP contribution in [0.3, 0.4) is 0 Å². The minimum absolute atomic E-state index is 0.0322. The molecule has 0 aliphatic carbocycles. The van der Waals surface area contributed by atoms with Gasteiger partial charge in [0.15, 0.2) is 6.29 Å². The van der Waals surface area contributed by atoms with E-state index in [2.05, 4.69) is 0 Å². The Morgan fingerprint density at radius 1 is 1.56 bits per heavy atom. The zero-order chi connectivity index (χ0) is 12.3. The number of aliphatic hydroxyl groups is 1. The SMILES string of the molecule is CO[C@H](O)C[C@@H]1CCN1C(=O)OC(C)(C)C. The van der Waals surface area contributed by atoms with Crippen LogP contribution in [0, 0.1) is 0 Å². The Labute approximate surface area is 96.3 Å². The van der Waals surface area contributed by atoms with Gasteiger partial charge in [0.1, 0.15) is 5.60 Å². The van der Waals surface area contributed by atoms with Gasteiger partial charge in [0.25, 0.3) is 0 Å². The molecule has 5 nitrogen and oxygen atoms in total. The molecule has 1 heterocycles. The van der Waals surface area contributed by atoms with Gasteiger partial charge in [-0.25, -0.2) is 4.79 Å². The lowest BCUT2D eigenvalue weighted by Gasteiger charge is -2.41. The van der Waals surface area contributed by atoms with E-state index in [9.17, 15) is 9.90 Å². The molecule has 0 aromatic rings. The summed E-state index contributed by atoms with van der Waals surface area (Å²) in [6, 6.07) is 0.0322. The average molecular weight is 231 g/mol. The lowest BCUT2D eigenvalue weighted by Crippen LogP contribution is -2.53. The first kappa shape index (κ1) is 13.3. The predicted octanol–water partition coefficient (Wildman–Crippen LogP) is 1.35. The van der Waals surface area contributed by atoms with Crippen molar-refractivity contribution < 1.29 is 19.4 Å². The zero-order valence-electron chi connectivity index (χ0n) is 10.4. The Bertz CT molecular complexity index is 249. The van der Waals surface area contributed by atoms with Gasteiger partial charge in [0.05, 0.1) is 0 Å². The van der Waals surface area contributed by atoms with Crippen molar-refractivity contribution in [1.29, 1.82) is 0 Å². The van der Waals surface area contributed by atoms with E-state index in [-0.39, 0.29) is 12.1 Å². The van der Waals surface area contributed by atoms with Crippen molar-refractivity contribution in [2.75, 3.05) is 13.7 Å². The van der Waals surface area contributed by atoms with Gasteiger partial charge < -0.3 is 19.5 Å². The summed E-state index contributed by atoms with van der Waals surface area (Å²) in [5, 5.41) is 9.32. The van der Waals surface area contributed by atoms with Gasteiger partial charge in [-0.1, -0.05) is 0 Å². The molecule has 0 aromatic heterocycles. The Morgan fingerprint density at radius 2 is 2.19 bits per heavy atom. The second-order valence-corrected chi connectivity index (χ2v) is 5.04. The van der Waals surface area contributed by atoms with E-state index < -0.39 is 11.9 Å². The van der Waals surface area contributed by atoms with E-state index in [4.69, 9.17) is 9.47 Å². The average Bonchev–Trinajstić information content (AvgIpc) is 2.08. The van der Waals surface area contributed by atoms with Crippen molar-refractivity contribution in [2.45, 2.75) is 51.5 Å². The van der Waals surface area contributed by atoms with Gasteiger partial charge in [-0.3, -0.25) is 0 Å². The summed E-state index contributed by atoms with van der Waals surface area (Å²) >= 11 is 0. The Morgan fingerprint density at radius 3 is 2.56 bits per heavy atom. The molecular weight excluding hydrogens is 210 g/mol. The fourth-order valence-electron chi connectivity index (χ4n) is 1.58. The monoisotopic (exact) mass is 231 g/mol. The molecule has 1 fully saturated rings. The van der Waals surface area contributed by atoms with Crippen molar-refractivity contribution in [2.24, 2.45) is 0 Å². The van der Waals surface area contributed by atoms with Crippen LogP contribution in [0.4, 0.5) is 4.79 Å². The molecule has 16 heavy (non-hydrogen) atoms. The number of hydrogen-bond donors (Lipinski definition) is 1. The first-order valence-electron chi connectivity index (χ1n) is 5.54. The number of carbonyl (C=O) groups is 1. The van der Waals surface area contributed by atoms with Crippen molar-refractivity contribution in [1.82, 2.24) is 4.90 Å². The van der Waals surface area contributed by atoms with Crippen LogP contribution in [-0.2, 0) is 9.47 Å². The standard InChI is InChI=1S/C11H21NO4/c1-11(2,3)16-10(14)12-6-5-8(12)7-9(13)15-4/h8-9,13H,5-7H2,1-4H3/t8-,9-/m0/s1. The van der Waals surface area contributed by atoms with Crippen LogP contribution in [0.15, 0.2) is 0 Å². The molecule has 1 saturated heterocycles. The van der Waals surface area contributed by atoms with Crippen LogP contribution in [0.5, 0.6) is 0 Å². The van der Waals surface area contributed by atoms with Crippen LogP contribution < -0.4 is 0 Å². The fraction of sp³-hybridized carbons (Fsp3) is 0.909. The highest BCUT2D eigenvalue weighted by Crippen LogP contribution is 2.24. The van der Waals surface area contributed by atoms with Crippen molar-refractivity contribution in [3.8, 4) is 0 Å². The lowest BCUT2D eigenvalue weighted by molar-refractivity contribution is -0.102. The van der Waals surface area contributed by atoms with Crippen LogP contribution in [0.25, 0.3) is 0 Å². The molecule has 1 N–H and O–H groups in total. The lowest BCUT2D eigenvalue weighted by atomic mass is 10.0. The van der Waals surface area contributed by atoms with Crippen LogP contribution in [-0.4, -0.2) is 47.7 Å². The molecular formula is C11H21NO4. The molecule has 1 amide bonds. The number of carbonyl (C=O) groups excluding carboxylic acids is 1. The Kier molecular flexibility index (Phi) is 4.15. The number of likely N-dealkylation sites (tertiary alicyclic amines) is 1. The van der Waals surface area contributed by atoms with E-state index >= 15 is 0 Å². The van der Waals surface area contributed by atoms with Gasteiger partial charge in [0, 0.05) is 26.1 Å². The second kappa shape index (κ2) is 5.01. The molecule has 0 bridgehead atoms. The Balaban J connectivity index is 2.40. The van der Waals surface area contributed by atoms with E-state index in [0.717, 1.165) is 6.42 Å². The van der Waals surface area contributed by atoms with Crippen LogP contribution in [0.2, 0.25) is 0 Å². The number of methoxy groups -OCH3 is 1. The number of amides is 1. The normalized spacial score (nSPS) is 22.6. The van der Waals surface area contributed by atoms with Gasteiger partial charge >= 0.3 is 6.09 Å². The highest BCUT2D eigenvalue weighted by Gasteiger charge is 2.36. The summed E-state index contributed by atoms with van der Waals surface area (Å²) in [5.41, 5.74) is -0.475. The number of hydrogen-bond acceptors (Lipinski definition) is 4. The van der Waals surface area contributed by atoms with E-state index in [0.29, 0.717) is 13.0 Å². The summed E-state index contributed by atoms with van der Waals surface area (Å²) < 4.78 is 10.0. The van der Waals surface area contributed by atoms with Crippen molar-refractivity contribution in [3.05, 3.63) is 0 Å². The predicted molar refractivity (Wildman–Crippen MR) is 59.0 cm³/mol. The largest absolute Gasteiger partial charge is 0.444 e. The third-order valence-electron chi connectivity index (χ3n) is 2.52. The van der Waals surface area contributed by atoms with Gasteiger partial charge in [-0.2, -0.15) is 0 Å². The maximum atomic E-state index is 11.7. The minimum Gasteiger partial charge on any atom is -0.444 e.